The number of hydrogen-bond acceptors (Lipinski definition) is 11. The highest BCUT2D eigenvalue weighted by Gasteiger charge is 2.28. The molecular weight excluding hydrogens is 510 g/mol. The summed E-state index contributed by atoms with van der Waals surface area (Å²) in [6.07, 6.45) is 0.613. The van der Waals surface area contributed by atoms with E-state index in [-0.39, 0.29) is 29.8 Å². The van der Waals surface area contributed by atoms with E-state index in [2.05, 4.69) is 0 Å². The number of benzene rings is 1. The van der Waals surface area contributed by atoms with Gasteiger partial charge in [0.05, 0.1) is 18.1 Å². The van der Waals surface area contributed by atoms with Crippen LogP contribution in [-0.2, 0) is 35.0 Å². The molecule has 39 heavy (non-hydrogen) atoms. The molecule has 0 aromatic heterocycles. The maximum absolute atomic E-state index is 12.7. The minimum absolute atomic E-state index is 0.0219. The summed E-state index contributed by atoms with van der Waals surface area (Å²) >= 11 is 0. The van der Waals surface area contributed by atoms with Gasteiger partial charge >= 0.3 is 24.2 Å². The van der Waals surface area contributed by atoms with Crippen LogP contribution >= 0.6 is 0 Å². The number of hydrogen-bond donors (Lipinski definition) is 1. The summed E-state index contributed by atoms with van der Waals surface area (Å²) in [5, 5.41) is 0. The number of nitrogens with two attached hydrogens (primary N) is 1. The van der Waals surface area contributed by atoms with Gasteiger partial charge in [0, 0.05) is 0 Å². The van der Waals surface area contributed by atoms with Crippen molar-refractivity contribution in [1.82, 2.24) is 0 Å². The summed E-state index contributed by atoms with van der Waals surface area (Å²) in [6, 6.07) is 3.29. The van der Waals surface area contributed by atoms with Crippen molar-refractivity contribution < 1.29 is 47.6 Å². The van der Waals surface area contributed by atoms with E-state index in [1.807, 2.05) is 0 Å². The van der Waals surface area contributed by atoms with Crippen LogP contribution in [0.2, 0.25) is 0 Å². The first kappa shape index (κ1) is 31.9. The van der Waals surface area contributed by atoms with E-state index in [1.165, 1.54) is 12.1 Å². The molecular formula is C28H41NO10. The van der Waals surface area contributed by atoms with Gasteiger partial charge in [0.1, 0.15) is 18.2 Å². The molecule has 0 radical (unpaired) electrons. The van der Waals surface area contributed by atoms with E-state index in [1.54, 1.807) is 47.6 Å². The Morgan fingerprint density at radius 2 is 1.31 bits per heavy atom. The third-order valence-electron chi connectivity index (χ3n) is 6.02. The molecule has 0 amide bonds. The Balaban J connectivity index is 2.02. The zero-order valence-electron chi connectivity index (χ0n) is 23.6. The van der Waals surface area contributed by atoms with Crippen LogP contribution in [0.3, 0.4) is 0 Å². The Morgan fingerprint density at radius 1 is 0.769 bits per heavy atom. The fraction of sp³-hybridized carbons (Fsp3) is 0.643. The average Bonchev–Trinajstić information content (AvgIpc) is 2.84. The summed E-state index contributed by atoms with van der Waals surface area (Å²) in [5.74, 6) is -1.26. The summed E-state index contributed by atoms with van der Waals surface area (Å²) in [4.78, 5) is 49.2. The SMILES string of the molecule is CC(C)OC(=O)Oc1ccc(C[C@H](N)C(=O)O[C@@H](C)C(C)OC(=O)C2CCCCC2)cc1OC(=O)OC(C)C. The Bertz CT molecular complexity index is 987. The van der Waals surface area contributed by atoms with E-state index in [9.17, 15) is 19.2 Å². The molecule has 0 bridgehead atoms. The van der Waals surface area contributed by atoms with Crippen molar-refractivity contribution in [3.8, 4) is 11.5 Å². The minimum atomic E-state index is -1.07. The van der Waals surface area contributed by atoms with Crippen LogP contribution in [0.25, 0.3) is 0 Å². The number of carbonyl (C=O) groups is 4. The molecule has 1 fully saturated rings. The van der Waals surface area contributed by atoms with Crippen LogP contribution in [0.1, 0.15) is 79.2 Å². The van der Waals surface area contributed by atoms with Gasteiger partial charge in [-0.3, -0.25) is 9.59 Å². The molecule has 218 valence electrons. The number of rotatable bonds is 11. The molecule has 1 aliphatic rings. The highest BCUT2D eigenvalue weighted by molar-refractivity contribution is 5.76. The predicted octanol–water partition coefficient (Wildman–Crippen LogP) is 4.85. The van der Waals surface area contributed by atoms with Gasteiger partial charge in [0.2, 0.25) is 0 Å². The third kappa shape index (κ3) is 11.1. The van der Waals surface area contributed by atoms with Crippen LogP contribution in [0.15, 0.2) is 18.2 Å². The lowest BCUT2D eigenvalue weighted by atomic mass is 9.89. The number of carbonyl (C=O) groups excluding carboxylic acids is 4. The molecule has 2 rings (SSSR count). The second kappa shape index (κ2) is 15.3. The molecule has 11 nitrogen and oxygen atoms in total. The topological polar surface area (TPSA) is 150 Å². The van der Waals surface area contributed by atoms with Crippen molar-refractivity contribution in [2.24, 2.45) is 11.7 Å². The second-order valence-electron chi connectivity index (χ2n) is 10.2. The van der Waals surface area contributed by atoms with Gasteiger partial charge < -0.3 is 34.2 Å². The quantitative estimate of drug-likeness (QED) is 0.228. The van der Waals surface area contributed by atoms with E-state index in [0.717, 1.165) is 32.1 Å². The minimum Gasteiger partial charge on any atom is -0.459 e. The van der Waals surface area contributed by atoms with Gasteiger partial charge in [0.15, 0.2) is 11.5 Å². The van der Waals surface area contributed by atoms with Gasteiger partial charge in [0.25, 0.3) is 0 Å². The maximum atomic E-state index is 12.7. The largest absolute Gasteiger partial charge is 0.514 e. The first-order valence-electron chi connectivity index (χ1n) is 13.4. The zero-order chi connectivity index (χ0) is 29.1. The molecule has 1 unspecified atom stereocenters. The zero-order valence-corrected chi connectivity index (χ0v) is 23.6. The third-order valence-corrected chi connectivity index (χ3v) is 6.02. The van der Waals surface area contributed by atoms with Crippen molar-refractivity contribution in [3.63, 3.8) is 0 Å². The Labute approximate surface area is 229 Å². The van der Waals surface area contributed by atoms with Crippen molar-refractivity contribution in [3.05, 3.63) is 23.8 Å². The highest BCUT2D eigenvalue weighted by Crippen LogP contribution is 2.30. The van der Waals surface area contributed by atoms with E-state index >= 15 is 0 Å². The van der Waals surface area contributed by atoms with Crippen molar-refractivity contribution in [1.29, 1.82) is 0 Å². The van der Waals surface area contributed by atoms with Crippen molar-refractivity contribution >= 4 is 24.2 Å². The summed E-state index contributed by atoms with van der Waals surface area (Å²) in [5.41, 5.74) is 6.59. The van der Waals surface area contributed by atoms with Gasteiger partial charge in [-0.1, -0.05) is 25.3 Å². The van der Waals surface area contributed by atoms with Crippen molar-refractivity contribution in [2.75, 3.05) is 0 Å². The first-order valence-corrected chi connectivity index (χ1v) is 13.4. The normalized spacial score (nSPS) is 16.1. The summed E-state index contributed by atoms with van der Waals surface area (Å²) < 4.78 is 31.4. The monoisotopic (exact) mass is 551 g/mol. The Hall–Kier alpha value is -3.34. The smallest absolute Gasteiger partial charge is 0.459 e. The summed E-state index contributed by atoms with van der Waals surface area (Å²) in [6.45, 7) is 9.93. The molecule has 1 aromatic rings. The van der Waals surface area contributed by atoms with Crippen LogP contribution in [0.5, 0.6) is 11.5 Å². The predicted molar refractivity (Wildman–Crippen MR) is 140 cm³/mol. The van der Waals surface area contributed by atoms with Gasteiger partial charge in [-0.15, -0.1) is 0 Å². The Morgan fingerprint density at radius 3 is 1.87 bits per heavy atom. The lowest BCUT2D eigenvalue weighted by Crippen LogP contribution is -2.40. The fourth-order valence-electron chi connectivity index (χ4n) is 3.87. The van der Waals surface area contributed by atoms with Gasteiger partial charge in [-0.05, 0) is 78.5 Å². The van der Waals surface area contributed by atoms with Crippen LogP contribution in [-0.4, -0.2) is 54.7 Å². The molecule has 0 aliphatic heterocycles. The fourth-order valence-corrected chi connectivity index (χ4v) is 3.87. The maximum Gasteiger partial charge on any atom is 0.514 e. The number of ether oxygens (including phenoxy) is 6. The van der Waals surface area contributed by atoms with Crippen LogP contribution in [0, 0.1) is 5.92 Å². The average molecular weight is 552 g/mol. The molecule has 0 saturated heterocycles. The first-order chi connectivity index (χ1) is 18.3. The van der Waals surface area contributed by atoms with Crippen molar-refractivity contribution in [2.45, 2.75) is 111 Å². The Kier molecular flexibility index (Phi) is 12.5. The highest BCUT2D eigenvalue weighted by atomic mass is 16.7. The van der Waals surface area contributed by atoms with E-state index in [4.69, 9.17) is 34.2 Å². The van der Waals surface area contributed by atoms with E-state index in [0.29, 0.717) is 5.56 Å². The molecule has 0 heterocycles. The lowest BCUT2D eigenvalue weighted by Gasteiger charge is -2.26. The van der Waals surface area contributed by atoms with Gasteiger partial charge in [-0.2, -0.15) is 0 Å². The standard InChI is InChI=1S/C28H41NO10/c1-16(2)34-27(32)38-23-13-12-20(15-24(23)39-28(33)35-17(3)4)14-22(29)26(31)37-19(6)18(5)36-25(30)21-10-8-7-9-11-21/h12-13,15-19,21-22H,7-11,14,29H2,1-6H3/t18?,19-,22-/m0/s1. The molecule has 1 aliphatic carbocycles. The molecule has 3 atom stereocenters. The van der Waals surface area contributed by atoms with Gasteiger partial charge in [-0.25, -0.2) is 9.59 Å². The molecule has 1 saturated carbocycles. The second-order valence-corrected chi connectivity index (χ2v) is 10.2. The summed E-state index contributed by atoms with van der Waals surface area (Å²) in [7, 11) is 0. The van der Waals surface area contributed by atoms with Crippen LogP contribution < -0.4 is 15.2 Å². The number of esters is 2. The molecule has 2 N–H and O–H groups in total. The lowest BCUT2D eigenvalue weighted by molar-refractivity contribution is -0.169. The van der Waals surface area contributed by atoms with Crippen LogP contribution in [0.4, 0.5) is 9.59 Å². The molecule has 1 aromatic carbocycles. The van der Waals surface area contributed by atoms with E-state index < -0.39 is 48.7 Å². The molecule has 0 spiro atoms. The molecule has 11 heteroatoms.